The van der Waals surface area contributed by atoms with Gasteiger partial charge in [-0.25, -0.2) is 4.98 Å². The van der Waals surface area contributed by atoms with E-state index in [0.29, 0.717) is 15.8 Å². The van der Waals surface area contributed by atoms with Crippen molar-refractivity contribution in [3.63, 3.8) is 0 Å². The molecule has 3 rings (SSSR count). The number of hydrogen-bond donors (Lipinski definition) is 2. The number of halogens is 2. The molecule has 3 N–H and O–H groups in total. The molecule has 0 aliphatic carbocycles. The van der Waals surface area contributed by atoms with Crippen LogP contribution in [0.3, 0.4) is 0 Å². The number of para-hydroxylation sites is 1. The first kappa shape index (κ1) is 15.3. The van der Waals surface area contributed by atoms with Crippen LogP contribution >= 0.6 is 35.0 Å². The summed E-state index contributed by atoms with van der Waals surface area (Å²) in [6.07, 6.45) is 0. The van der Waals surface area contributed by atoms with Gasteiger partial charge in [-0.05, 0) is 23.8 Å². The van der Waals surface area contributed by atoms with Crippen LogP contribution in [-0.4, -0.2) is 10.1 Å². The van der Waals surface area contributed by atoms with E-state index < -0.39 is 0 Å². The summed E-state index contributed by atoms with van der Waals surface area (Å²) in [5.74, 6) is 0.461. The highest BCUT2D eigenvalue weighted by molar-refractivity contribution is 7.98. The number of rotatable bonds is 3. The lowest BCUT2D eigenvalue weighted by Crippen LogP contribution is -1.93. The average Bonchev–Trinajstić information content (AvgIpc) is 2.51. The van der Waals surface area contributed by atoms with Crippen LogP contribution in [0.4, 0.5) is 5.69 Å². The summed E-state index contributed by atoms with van der Waals surface area (Å²) in [7, 11) is 0. The third-order valence-electron chi connectivity index (χ3n) is 3.27. The first-order chi connectivity index (χ1) is 10.6. The van der Waals surface area contributed by atoms with Gasteiger partial charge in [-0.2, -0.15) is 0 Å². The number of anilines is 1. The molecule has 22 heavy (non-hydrogen) atoms. The summed E-state index contributed by atoms with van der Waals surface area (Å²) < 4.78 is 0. The summed E-state index contributed by atoms with van der Waals surface area (Å²) in [6, 6.07) is 13.0. The number of aromatic nitrogens is 1. The number of nitrogen functional groups attached to an aromatic ring is 1. The van der Waals surface area contributed by atoms with Crippen LogP contribution in [0.1, 0.15) is 5.56 Å². The summed E-state index contributed by atoms with van der Waals surface area (Å²) in [6.45, 7) is 0. The number of nitrogens with two attached hydrogens (primary N) is 1. The summed E-state index contributed by atoms with van der Waals surface area (Å²) >= 11 is 13.7. The Bertz CT molecular complexity index is 855. The van der Waals surface area contributed by atoms with Crippen LogP contribution < -0.4 is 5.73 Å². The second-order valence-corrected chi connectivity index (χ2v) is 6.51. The van der Waals surface area contributed by atoms with Crippen LogP contribution in [0.15, 0.2) is 47.5 Å². The van der Waals surface area contributed by atoms with Gasteiger partial charge in [0.15, 0.2) is 0 Å². The third-order valence-corrected chi connectivity index (χ3v) is 4.92. The topological polar surface area (TPSA) is 59.1 Å². The smallest absolute Gasteiger partial charge is 0.231 e. The predicted molar refractivity (Wildman–Crippen MR) is 93.8 cm³/mol. The number of nitrogens with zero attached hydrogens (tertiary/aromatic N) is 1. The van der Waals surface area contributed by atoms with Gasteiger partial charge in [-0.1, -0.05) is 47.5 Å². The van der Waals surface area contributed by atoms with E-state index in [1.54, 1.807) is 18.2 Å². The van der Waals surface area contributed by atoms with E-state index in [-0.39, 0.29) is 10.9 Å². The minimum Gasteiger partial charge on any atom is -0.492 e. The van der Waals surface area contributed by atoms with Gasteiger partial charge in [0.05, 0.1) is 0 Å². The lowest BCUT2D eigenvalue weighted by atomic mass is 10.2. The molecular weight excluding hydrogens is 339 g/mol. The molecule has 0 atom stereocenters. The normalized spacial score (nSPS) is 11.0. The van der Waals surface area contributed by atoms with Crippen molar-refractivity contribution in [2.24, 2.45) is 0 Å². The van der Waals surface area contributed by atoms with Gasteiger partial charge in [0.1, 0.15) is 10.0 Å². The van der Waals surface area contributed by atoms with Crippen molar-refractivity contribution in [2.75, 3.05) is 5.73 Å². The van der Waals surface area contributed by atoms with Gasteiger partial charge >= 0.3 is 0 Å². The Morgan fingerprint density at radius 3 is 2.64 bits per heavy atom. The maximum Gasteiger partial charge on any atom is 0.231 e. The molecular formula is C16H12Cl2N2OS. The molecule has 0 unspecified atom stereocenters. The van der Waals surface area contributed by atoms with E-state index in [9.17, 15) is 5.11 Å². The van der Waals surface area contributed by atoms with Crippen LogP contribution in [0, 0.1) is 0 Å². The molecule has 1 heterocycles. The molecule has 112 valence electrons. The minimum absolute atomic E-state index is 0.181. The van der Waals surface area contributed by atoms with E-state index in [2.05, 4.69) is 4.98 Å². The van der Waals surface area contributed by atoms with Gasteiger partial charge in [-0.3, -0.25) is 0 Å². The largest absolute Gasteiger partial charge is 0.492 e. The standard InChI is InChI=1S/C16H12Cl2N2OS/c17-10-5-6-11-12(7-10)16(20-15(21)14(11)18)22-8-9-3-1-2-4-13(9)19/h1-7H,8,19H2,(H,20,21). The zero-order valence-electron chi connectivity index (χ0n) is 11.4. The highest BCUT2D eigenvalue weighted by atomic mass is 35.5. The van der Waals surface area contributed by atoms with Gasteiger partial charge in [-0.15, -0.1) is 11.8 Å². The molecule has 2 aromatic carbocycles. The monoisotopic (exact) mass is 350 g/mol. The average molecular weight is 351 g/mol. The van der Waals surface area contributed by atoms with Crippen molar-refractivity contribution in [1.82, 2.24) is 4.98 Å². The fraction of sp³-hybridized carbons (Fsp3) is 0.0625. The number of fused-ring (bicyclic) bond motifs is 1. The summed E-state index contributed by atoms with van der Waals surface area (Å²) in [5, 5.41) is 12.9. The van der Waals surface area contributed by atoms with Crippen molar-refractivity contribution in [3.8, 4) is 5.88 Å². The first-order valence-corrected chi connectivity index (χ1v) is 8.24. The Kier molecular flexibility index (Phi) is 4.34. The van der Waals surface area contributed by atoms with Crippen LogP contribution in [0.25, 0.3) is 10.8 Å². The van der Waals surface area contributed by atoms with Crippen molar-refractivity contribution >= 4 is 51.4 Å². The van der Waals surface area contributed by atoms with E-state index in [4.69, 9.17) is 28.9 Å². The van der Waals surface area contributed by atoms with E-state index >= 15 is 0 Å². The molecule has 0 spiro atoms. The molecule has 0 fully saturated rings. The van der Waals surface area contributed by atoms with Crippen LogP contribution in [0.2, 0.25) is 10.0 Å². The Morgan fingerprint density at radius 2 is 1.86 bits per heavy atom. The number of hydrogen-bond acceptors (Lipinski definition) is 4. The summed E-state index contributed by atoms with van der Waals surface area (Å²) in [5.41, 5.74) is 7.69. The quantitative estimate of drug-likeness (QED) is 0.508. The number of benzene rings is 2. The number of pyridine rings is 1. The molecule has 0 saturated heterocycles. The number of thioether (sulfide) groups is 1. The molecule has 0 bridgehead atoms. The van der Waals surface area contributed by atoms with Crippen LogP contribution in [0.5, 0.6) is 5.88 Å². The number of aromatic hydroxyl groups is 1. The van der Waals surface area contributed by atoms with Gasteiger partial charge in [0, 0.05) is 27.2 Å². The van der Waals surface area contributed by atoms with Crippen molar-refractivity contribution in [2.45, 2.75) is 10.8 Å². The second-order valence-electron chi connectivity index (χ2n) is 4.73. The van der Waals surface area contributed by atoms with Crippen molar-refractivity contribution in [1.29, 1.82) is 0 Å². The predicted octanol–water partition coefficient (Wildman–Crippen LogP) is 5.12. The highest BCUT2D eigenvalue weighted by Crippen LogP contribution is 2.38. The van der Waals surface area contributed by atoms with E-state index in [1.807, 2.05) is 24.3 Å². The Labute approximate surface area is 142 Å². The Hall–Kier alpha value is -1.62. The van der Waals surface area contributed by atoms with Gasteiger partial charge in [0.2, 0.25) is 5.88 Å². The fourth-order valence-electron chi connectivity index (χ4n) is 2.13. The molecule has 3 aromatic rings. The third kappa shape index (κ3) is 2.95. The molecule has 0 amide bonds. The fourth-order valence-corrected chi connectivity index (χ4v) is 3.54. The van der Waals surface area contributed by atoms with Crippen molar-refractivity contribution in [3.05, 3.63) is 58.1 Å². The molecule has 0 aliphatic heterocycles. The lowest BCUT2D eigenvalue weighted by Gasteiger charge is -2.10. The minimum atomic E-state index is -0.181. The zero-order chi connectivity index (χ0) is 15.7. The molecule has 6 heteroatoms. The molecule has 0 saturated carbocycles. The molecule has 0 radical (unpaired) electrons. The zero-order valence-corrected chi connectivity index (χ0v) is 13.7. The second kappa shape index (κ2) is 6.24. The first-order valence-electron chi connectivity index (χ1n) is 6.50. The van der Waals surface area contributed by atoms with Crippen LogP contribution in [-0.2, 0) is 5.75 Å². The SMILES string of the molecule is Nc1ccccc1CSc1nc(O)c(Cl)c2ccc(Cl)cc12. The van der Waals surface area contributed by atoms with Gasteiger partial charge < -0.3 is 10.8 Å². The maximum absolute atomic E-state index is 9.91. The van der Waals surface area contributed by atoms with Crippen molar-refractivity contribution < 1.29 is 5.11 Å². The van der Waals surface area contributed by atoms with E-state index in [1.165, 1.54) is 11.8 Å². The maximum atomic E-state index is 9.91. The molecule has 1 aromatic heterocycles. The highest BCUT2D eigenvalue weighted by Gasteiger charge is 2.13. The lowest BCUT2D eigenvalue weighted by molar-refractivity contribution is 0.450. The van der Waals surface area contributed by atoms with Gasteiger partial charge in [0.25, 0.3) is 0 Å². The molecule has 3 nitrogen and oxygen atoms in total. The summed E-state index contributed by atoms with van der Waals surface area (Å²) in [4.78, 5) is 4.17. The Morgan fingerprint density at radius 1 is 1.09 bits per heavy atom. The Balaban J connectivity index is 2.02. The van der Waals surface area contributed by atoms with E-state index in [0.717, 1.165) is 22.0 Å². The molecule has 0 aliphatic rings.